The number of aromatic hydroxyl groups is 1. The highest BCUT2D eigenvalue weighted by molar-refractivity contribution is 9.10. The first-order valence-corrected chi connectivity index (χ1v) is 12.2. The number of benzene rings is 3. The van der Waals surface area contributed by atoms with Crippen molar-refractivity contribution in [1.82, 2.24) is 4.57 Å². The first-order valence-electron chi connectivity index (χ1n) is 9.82. The SMILES string of the molecule is O=c1c(=Cc2ccc(O)c(Br)c2)sc2n1C(c1ccc(Br)cc1)C=C(c1ccccc1)N=2. The lowest BCUT2D eigenvalue weighted by Gasteiger charge is -2.19. The molecule has 0 radical (unpaired) electrons. The first kappa shape index (κ1) is 21.1. The zero-order chi connectivity index (χ0) is 22.2. The third-order valence-corrected chi connectivity index (χ3v) is 7.34. The Kier molecular flexibility index (Phi) is 5.71. The van der Waals surface area contributed by atoms with E-state index in [2.05, 4.69) is 31.9 Å². The van der Waals surface area contributed by atoms with Crippen LogP contribution < -0.4 is 14.9 Å². The molecule has 5 rings (SSSR count). The molecule has 0 amide bonds. The van der Waals surface area contributed by atoms with Crippen LogP contribution >= 0.6 is 43.2 Å². The van der Waals surface area contributed by atoms with Gasteiger partial charge in [-0.1, -0.05) is 75.8 Å². The second-order valence-electron chi connectivity index (χ2n) is 7.31. The van der Waals surface area contributed by atoms with E-state index in [4.69, 9.17) is 4.99 Å². The van der Waals surface area contributed by atoms with Gasteiger partial charge in [0.25, 0.3) is 5.56 Å². The quantitative estimate of drug-likeness (QED) is 0.368. The Bertz CT molecular complexity index is 1520. The van der Waals surface area contributed by atoms with Gasteiger partial charge < -0.3 is 5.11 Å². The molecule has 1 aliphatic rings. The molecule has 4 aromatic rings. The highest BCUT2D eigenvalue weighted by Gasteiger charge is 2.22. The molecule has 1 aromatic heterocycles. The van der Waals surface area contributed by atoms with Gasteiger partial charge in [-0.05, 0) is 69.0 Å². The third kappa shape index (κ3) is 4.03. The maximum absolute atomic E-state index is 13.4. The minimum atomic E-state index is -0.261. The Balaban J connectivity index is 1.72. The number of phenolic OH excluding ortho intramolecular Hbond substituents is 1. The van der Waals surface area contributed by atoms with Crippen LogP contribution in [-0.4, -0.2) is 9.67 Å². The van der Waals surface area contributed by atoms with Crippen LogP contribution in [0.5, 0.6) is 5.75 Å². The van der Waals surface area contributed by atoms with Crippen molar-refractivity contribution in [3.05, 3.63) is 124 Å². The summed E-state index contributed by atoms with van der Waals surface area (Å²) in [6.45, 7) is 0. The van der Waals surface area contributed by atoms with Crippen molar-refractivity contribution in [2.75, 3.05) is 0 Å². The second-order valence-corrected chi connectivity index (χ2v) is 10.1. The number of aromatic nitrogens is 1. The Morgan fingerprint density at radius 2 is 1.75 bits per heavy atom. The molecule has 0 spiro atoms. The number of hydrogen-bond acceptors (Lipinski definition) is 4. The van der Waals surface area contributed by atoms with E-state index in [1.807, 2.05) is 66.7 Å². The van der Waals surface area contributed by atoms with Crippen LogP contribution in [-0.2, 0) is 0 Å². The molecule has 2 heterocycles. The molecule has 0 saturated carbocycles. The van der Waals surface area contributed by atoms with Crippen LogP contribution in [0.4, 0.5) is 0 Å². The second kappa shape index (κ2) is 8.65. The standard InChI is InChI=1S/C25H16Br2N2O2S/c26-18-9-7-17(8-10-18)21-14-20(16-4-2-1-3-5-16)28-25-29(21)24(31)23(32-25)13-15-6-11-22(30)19(27)12-15/h1-14,21,30H. The van der Waals surface area contributed by atoms with Crippen molar-refractivity contribution < 1.29 is 5.11 Å². The van der Waals surface area contributed by atoms with Gasteiger partial charge >= 0.3 is 0 Å². The number of rotatable bonds is 3. The smallest absolute Gasteiger partial charge is 0.271 e. The van der Waals surface area contributed by atoms with E-state index in [-0.39, 0.29) is 17.4 Å². The van der Waals surface area contributed by atoms with Gasteiger partial charge in [-0.2, -0.15) is 0 Å². The Morgan fingerprint density at radius 3 is 2.47 bits per heavy atom. The zero-order valence-electron chi connectivity index (χ0n) is 16.6. The molecular weight excluding hydrogens is 552 g/mol. The minimum Gasteiger partial charge on any atom is -0.507 e. The highest BCUT2D eigenvalue weighted by atomic mass is 79.9. The maximum Gasteiger partial charge on any atom is 0.271 e. The Labute approximate surface area is 204 Å². The van der Waals surface area contributed by atoms with Crippen molar-refractivity contribution in [3.63, 3.8) is 0 Å². The van der Waals surface area contributed by atoms with E-state index >= 15 is 0 Å². The summed E-state index contributed by atoms with van der Waals surface area (Å²) in [6.07, 6.45) is 3.87. The summed E-state index contributed by atoms with van der Waals surface area (Å²) < 4.78 is 3.91. The first-order chi connectivity index (χ1) is 15.5. The predicted octanol–water partition coefficient (Wildman–Crippen LogP) is 5.23. The van der Waals surface area contributed by atoms with Gasteiger partial charge in [0, 0.05) is 4.47 Å². The van der Waals surface area contributed by atoms with Crippen LogP contribution in [0.25, 0.3) is 11.8 Å². The van der Waals surface area contributed by atoms with Gasteiger partial charge in [0.1, 0.15) is 5.75 Å². The number of thiazole rings is 1. The highest BCUT2D eigenvalue weighted by Crippen LogP contribution is 2.28. The van der Waals surface area contributed by atoms with E-state index in [0.717, 1.165) is 26.9 Å². The van der Waals surface area contributed by atoms with Crippen molar-refractivity contribution in [1.29, 1.82) is 0 Å². The average Bonchev–Trinajstić information content (AvgIpc) is 3.12. The fourth-order valence-corrected chi connectivity index (χ4v) is 5.29. The molecule has 1 aliphatic heterocycles. The molecule has 1 atom stereocenters. The molecule has 0 saturated heterocycles. The van der Waals surface area contributed by atoms with Gasteiger partial charge in [0.15, 0.2) is 4.80 Å². The fourth-order valence-electron chi connectivity index (χ4n) is 3.61. The topological polar surface area (TPSA) is 54.6 Å². The third-order valence-electron chi connectivity index (χ3n) is 5.20. The largest absolute Gasteiger partial charge is 0.507 e. The van der Waals surface area contributed by atoms with Gasteiger partial charge in [0.2, 0.25) is 0 Å². The van der Waals surface area contributed by atoms with Crippen LogP contribution in [0.3, 0.4) is 0 Å². The lowest BCUT2D eigenvalue weighted by atomic mass is 10.0. The van der Waals surface area contributed by atoms with E-state index in [0.29, 0.717) is 13.8 Å². The molecule has 0 aliphatic carbocycles. The molecule has 3 aromatic carbocycles. The summed E-state index contributed by atoms with van der Waals surface area (Å²) in [5, 5.41) is 9.77. The van der Waals surface area contributed by atoms with Crippen LogP contribution in [0, 0.1) is 0 Å². The van der Waals surface area contributed by atoms with Gasteiger partial charge in [-0.3, -0.25) is 9.36 Å². The van der Waals surface area contributed by atoms with Crippen LogP contribution in [0.15, 0.2) is 97.6 Å². The number of fused-ring (bicyclic) bond motifs is 1. The van der Waals surface area contributed by atoms with E-state index in [1.165, 1.54) is 11.3 Å². The minimum absolute atomic E-state index is 0.0887. The van der Waals surface area contributed by atoms with Crippen molar-refractivity contribution in [2.24, 2.45) is 4.99 Å². The monoisotopic (exact) mass is 566 g/mol. The number of allylic oxidation sites excluding steroid dienone is 1. The molecule has 1 N–H and O–H groups in total. The summed E-state index contributed by atoms with van der Waals surface area (Å²) in [5.41, 5.74) is 3.60. The van der Waals surface area contributed by atoms with E-state index in [9.17, 15) is 9.90 Å². The van der Waals surface area contributed by atoms with Gasteiger partial charge in [-0.15, -0.1) is 0 Å². The Morgan fingerprint density at radius 1 is 1.00 bits per heavy atom. The molecule has 32 heavy (non-hydrogen) atoms. The van der Waals surface area contributed by atoms with E-state index < -0.39 is 0 Å². The van der Waals surface area contributed by atoms with Crippen LogP contribution in [0.1, 0.15) is 22.7 Å². The fraction of sp³-hybridized carbons (Fsp3) is 0.0400. The van der Waals surface area contributed by atoms with Crippen LogP contribution in [0.2, 0.25) is 0 Å². The maximum atomic E-state index is 13.4. The molecule has 1 unspecified atom stereocenters. The van der Waals surface area contributed by atoms with Crippen molar-refractivity contribution >= 4 is 55.0 Å². The number of nitrogens with zero attached hydrogens (tertiary/aromatic N) is 2. The summed E-state index contributed by atoms with van der Waals surface area (Å²) >= 11 is 8.19. The van der Waals surface area contributed by atoms with Gasteiger partial charge in [-0.25, -0.2) is 4.99 Å². The molecule has 158 valence electrons. The molecule has 7 heteroatoms. The summed E-state index contributed by atoms with van der Waals surface area (Å²) in [7, 11) is 0. The molecule has 4 nitrogen and oxygen atoms in total. The van der Waals surface area contributed by atoms with E-state index in [1.54, 1.807) is 22.8 Å². The lowest BCUT2D eigenvalue weighted by Crippen LogP contribution is -2.36. The van der Waals surface area contributed by atoms with Crippen molar-refractivity contribution in [2.45, 2.75) is 6.04 Å². The summed E-state index contributed by atoms with van der Waals surface area (Å²) in [6, 6.07) is 22.9. The molecule has 0 fully saturated rings. The number of phenols is 1. The van der Waals surface area contributed by atoms with Gasteiger partial charge in [0.05, 0.1) is 20.7 Å². The average molecular weight is 568 g/mol. The lowest BCUT2D eigenvalue weighted by molar-refractivity contribution is 0.472. The van der Waals surface area contributed by atoms with Crippen molar-refractivity contribution in [3.8, 4) is 5.75 Å². The normalized spacial score (nSPS) is 15.8. The molecular formula is C25H16Br2N2O2S. The number of hydrogen-bond donors (Lipinski definition) is 1. The predicted molar refractivity (Wildman–Crippen MR) is 135 cm³/mol. The number of halogens is 2. The zero-order valence-corrected chi connectivity index (χ0v) is 20.6. The summed E-state index contributed by atoms with van der Waals surface area (Å²) in [5.74, 6) is 0.159. The molecule has 0 bridgehead atoms. The summed E-state index contributed by atoms with van der Waals surface area (Å²) in [4.78, 5) is 18.9. The Hall–Kier alpha value is -2.74.